The molecule has 0 spiro atoms. The maximum atomic E-state index is 13.8. The molecule has 0 bridgehead atoms. The van der Waals surface area contributed by atoms with Crippen molar-refractivity contribution in [1.82, 2.24) is 5.32 Å². The van der Waals surface area contributed by atoms with Crippen LogP contribution in [0.3, 0.4) is 0 Å². The fraction of sp³-hybridized carbons (Fsp3) is 0.200. The molecule has 0 aliphatic rings. The van der Waals surface area contributed by atoms with E-state index < -0.39 is 11.6 Å². The number of aryl methyl sites for hydroxylation is 1. The van der Waals surface area contributed by atoms with E-state index in [1.54, 1.807) is 31.3 Å². The van der Waals surface area contributed by atoms with E-state index in [0.717, 1.165) is 5.56 Å². The summed E-state index contributed by atoms with van der Waals surface area (Å²) >= 11 is 0. The molecule has 2 aromatic carbocycles. The molecule has 0 radical (unpaired) electrons. The van der Waals surface area contributed by atoms with Crippen molar-refractivity contribution >= 4 is 0 Å². The molecule has 0 aliphatic heterocycles. The van der Waals surface area contributed by atoms with Gasteiger partial charge in [-0.1, -0.05) is 18.2 Å². The van der Waals surface area contributed by atoms with Crippen LogP contribution in [-0.2, 0) is 6.54 Å². The Morgan fingerprint density at radius 2 is 1.89 bits per heavy atom. The zero-order valence-electron chi connectivity index (χ0n) is 10.8. The van der Waals surface area contributed by atoms with E-state index in [2.05, 4.69) is 5.32 Å². The third-order valence-electron chi connectivity index (χ3n) is 2.71. The fourth-order valence-electron chi connectivity index (χ4n) is 1.80. The summed E-state index contributed by atoms with van der Waals surface area (Å²) in [7, 11) is 1.75. The van der Waals surface area contributed by atoms with Crippen molar-refractivity contribution in [2.45, 2.75) is 13.5 Å². The first-order valence-corrected chi connectivity index (χ1v) is 5.98. The third kappa shape index (κ3) is 3.09. The molecule has 2 rings (SSSR count). The van der Waals surface area contributed by atoms with Crippen molar-refractivity contribution in [2.75, 3.05) is 7.05 Å². The van der Waals surface area contributed by atoms with Crippen molar-refractivity contribution in [3.63, 3.8) is 0 Å². The lowest BCUT2D eigenvalue weighted by molar-refractivity contribution is 0.408. The molecular formula is C15H15F2NO. The van der Waals surface area contributed by atoms with Crippen LogP contribution >= 0.6 is 0 Å². The number of halogens is 2. The summed E-state index contributed by atoms with van der Waals surface area (Å²) in [5.74, 6) is -0.929. The first-order valence-electron chi connectivity index (χ1n) is 5.98. The van der Waals surface area contributed by atoms with Gasteiger partial charge in [0.05, 0.1) is 0 Å². The number of hydrogen-bond acceptors (Lipinski definition) is 2. The Morgan fingerprint density at radius 3 is 2.63 bits per heavy atom. The average Bonchev–Trinajstić information content (AvgIpc) is 2.38. The number of rotatable bonds is 4. The zero-order chi connectivity index (χ0) is 13.8. The molecular weight excluding hydrogens is 248 g/mol. The second kappa shape index (κ2) is 5.80. The van der Waals surface area contributed by atoms with Crippen LogP contribution in [0, 0.1) is 18.6 Å². The van der Waals surface area contributed by atoms with E-state index in [-0.39, 0.29) is 11.5 Å². The molecule has 1 N–H and O–H groups in total. The van der Waals surface area contributed by atoms with Crippen LogP contribution in [0.25, 0.3) is 0 Å². The van der Waals surface area contributed by atoms with Gasteiger partial charge in [-0.3, -0.25) is 0 Å². The van der Waals surface area contributed by atoms with E-state index in [1.165, 1.54) is 12.1 Å². The first-order chi connectivity index (χ1) is 9.11. The summed E-state index contributed by atoms with van der Waals surface area (Å²) < 4.78 is 32.9. The van der Waals surface area contributed by atoms with Crippen LogP contribution in [0.4, 0.5) is 8.78 Å². The van der Waals surface area contributed by atoms with Crippen molar-refractivity contribution < 1.29 is 13.5 Å². The molecule has 0 amide bonds. The van der Waals surface area contributed by atoms with Crippen molar-refractivity contribution in [1.29, 1.82) is 0 Å². The molecule has 0 aromatic heterocycles. The van der Waals surface area contributed by atoms with Gasteiger partial charge < -0.3 is 10.1 Å². The van der Waals surface area contributed by atoms with Crippen molar-refractivity contribution in [2.24, 2.45) is 0 Å². The van der Waals surface area contributed by atoms with Gasteiger partial charge in [0, 0.05) is 12.1 Å². The topological polar surface area (TPSA) is 21.3 Å². The SMILES string of the molecule is CNCc1cccc(F)c1Oc1cc(C)ccc1F. The molecule has 0 unspecified atom stereocenters. The van der Waals surface area contributed by atoms with Crippen LogP contribution in [-0.4, -0.2) is 7.05 Å². The Kier molecular flexibility index (Phi) is 4.12. The highest BCUT2D eigenvalue weighted by Gasteiger charge is 2.13. The maximum Gasteiger partial charge on any atom is 0.167 e. The molecule has 0 heterocycles. The Hall–Kier alpha value is -1.94. The van der Waals surface area contributed by atoms with E-state index in [1.807, 2.05) is 6.92 Å². The smallest absolute Gasteiger partial charge is 0.167 e. The van der Waals surface area contributed by atoms with Gasteiger partial charge in [0.2, 0.25) is 0 Å². The van der Waals surface area contributed by atoms with Gasteiger partial charge in [0.15, 0.2) is 23.1 Å². The second-order valence-corrected chi connectivity index (χ2v) is 4.29. The van der Waals surface area contributed by atoms with Crippen LogP contribution in [0.2, 0.25) is 0 Å². The molecule has 2 nitrogen and oxygen atoms in total. The van der Waals surface area contributed by atoms with Crippen LogP contribution < -0.4 is 10.1 Å². The molecule has 19 heavy (non-hydrogen) atoms. The van der Waals surface area contributed by atoms with Crippen LogP contribution in [0.15, 0.2) is 36.4 Å². The van der Waals surface area contributed by atoms with Crippen LogP contribution in [0.5, 0.6) is 11.5 Å². The monoisotopic (exact) mass is 263 g/mol. The van der Waals surface area contributed by atoms with E-state index >= 15 is 0 Å². The molecule has 0 saturated carbocycles. The lowest BCUT2D eigenvalue weighted by atomic mass is 10.2. The van der Waals surface area contributed by atoms with Gasteiger partial charge in [0.1, 0.15) is 0 Å². The van der Waals surface area contributed by atoms with Crippen LogP contribution in [0.1, 0.15) is 11.1 Å². The minimum absolute atomic E-state index is 0.0300. The predicted octanol–water partition coefficient (Wildman–Crippen LogP) is 3.78. The lowest BCUT2D eigenvalue weighted by Crippen LogP contribution is -2.07. The van der Waals surface area contributed by atoms with Gasteiger partial charge in [-0.15, -0.1) is 0 Å². The highest BCUT2D eigenvalue weighted by atomic mass is 19.1. The average molecular weight is 263 g/mol. The van der Waals surface area contributed by atoms with Gasteiger partial charge >= 0.3 is 0 Å². The fourth-order valence-corrected chi connectivity index (χ4v) is 1.80. The third-order valence-corrected chi connectivity index (χ3v) is 2.71. The number of ether oxygens (including phenoxy) is 1. The maximum absolute atomic E-state index is 13.8. The summed E-state index contributed by atoms with van der Waals surface area (Å²) in [6, 6.07) is 9.12. The zero-order valence-corrected chi connectivity index (χ0v) is 10.8. The number of benzene rings is 2. The molecule has 0 saturated heterocycles. The molecule has 0 atom stereocenters. The Balaban J connectivity index is 2.39. The summed E-state index contributed by atoms with van der Waals surface area (Å²) in [6.45, 7) is 2.27. The van der Waals surface area contributed by atoms with Gasteiger partial charge in [-0.2, -0.15) is 0 Å². The quantitative estimate of drug-likeness (QED) is 0.906. The van der Waals surface area contributed by atoms with Gasteiger partial charge in [-0.05, 0) is 37.7 Å². The highest BCUT2D eigenvalue weighted by Crippen LogP contribution is 2.30. The van der Waals surface area contributed by atoms with Crippen molar-refractivity contribution in [3.05, 3.63) is 59.2 Å². The first kappa shape index (κ1) is 13.5. The summed E-state index contributed by atoms with van der Waals surface area (Å²) in [5.41, 5.74) is 1.49. The minimum Gasteiger partial charge on any atom is -0.451 e. The van der Waals surface area contributed by atoms with Gasteiger partial charge in [0.25, 0.3) is 0 Å². The number of para-hydroxylation sites is 1. The largest absolute Gasteiger partial charge is 0.451 e. The molecule has 100 valence electrons. The highest BCUT2D eigenvalue weighted by molar-refractivity contribution is 5.40. The predicted molar refractivity (Wildman–Crippen MR) is 70.4 cm³/mol. The molecule has 0 fully saturated rings. The molecule has 2 aromatic rings. The number of hydrogen-bond donors (Lipinski definition) is 1. The normalized spacial score (nSPS) is 10.5. The second-order valence-electron chi connectivity index (χ2n) is 4.29. The summed E-state index contributed by atoms with van der Waals surface area (Å²) in [6.07, 6.45) is 0. The standard InChI is InChI=1S/C15H15F2NO/c1-10-6-7-12(16)14(8-10)19-15-11(9-18-2)4-3-5-13(15)17/h3-8,18H,9H2,1-2H3. The Bertz CT molecular complexity index is 584. The van der Waals surface area contributed by atoms with E-state index in [0.29, 0.717) is 12.1 Å². The Labute approximate surface area is 111 Å². The Morgan fingerprint density at radius 1 is 1.11 bits per heavy atom. The van der Waals surface area contributed by atoms with Gasteiger partial charge in [-0.25, -0.2) is 8.78 Å². The number of nitrogens with one attached hydrogen (secondary N) is 1. The minimum atomic E-state index is -0.510. The van der Waals surface area contributed by atoms with E-state index in [9.17, 15) is 8.78 Å². The van der Waals surface area contributed by atoms with E-state index in [4.69, 9.17) is 4.74 Å². The lowest BCUT2D eigenvalue weighted by Gasteiger charge is -2.12. The molecule has 4 heteroatoms. The summed E-state index contributed by atoms with van der Waals surface area (Å²) in [5, 5.41) is 2.92. The molecule has 0 aliphatic carbocycles. The van der Waals surface area contributed by atoms with Crippen molar-refractivity contribution in [3.8, 4) is 11.5 Å². The summed E-state index contributed by atoms with van der Waals surface area (Å²) in [4.78, 5) is 0.